The molecule has 0 aromatic carbocycles. The third-order valence-corrected chi connectivity index (χ3v) is 3.64. The summed E-state index contributed by atoms with van der Waals surface area (Å²) < 4.78 is 5.60. The van der Waals surface area contributed by atoms with E-state index in [2.05, 4.69) is 0 Å². The Kier molecular flexibility index (Phi) is 3.27. The van der Waals surface area contributed by atoms with Crippen LogP contribution in [0.15, 0.2) is 0 Å². The largest absolute Gasteiger partial charge is 0.465 e. The molecule has 0 saturated carbocycles. The second-order valence-electron chi connectivity index (χ2n) is 6.01. The number of carbonyl (C=O) groups is 2. The van der Waals surface area contributed by atoms with E-state index >= 15 is 0 Å². The number of amides is 1. The van der Waals surface area contributed by atoms with E-state index in [0.29, 0.717) is 0 Å². The summed E-state index contributed by atoms with van der Waals surface area (Å²) >= 11 is 0. The van der Waals surface area contributed by atoms with Gasteiger partial charge in [-0.2, -0.15) is 0 Å². The molecule has 0 spiro atoms. The average molecular weight is 243 g/mol. The van der Waals surface area contributed by atoms with E-state index in [1.807, 2.05) is 20.8 Å². The molecule has 0 radical (unpaired) electrons. The Labute approximate surface area is 102 Å². The van der Waals surface area contributed by atoms with Gasteiger partial charge in [-0.05, 0) is 19.3 Å². The van der Waals surface area contributed by atoms with Crippen molar-refractivity contribution in [2.24, 2.45) is 5.41 Å². The van der Waals surface area contributed by atoms with Gasteiger partial charge in [0.2, 0.25) is 0 Å². The molecule has 0 unspecified atom stereocenters. The first-order valence-electron chi connectivity index (χ1n) is 5.69. The van der Waals surface area contributed by atoms with Crippen molar-refractivity contribution in [3.8, 4) is 0 Å². The Bertz CT molecular complexity index is 332. The quantitative estimate of drug-likeness (QED) is 0.754. The molecule has 1 aliphatic heterocycles. The standard InChI is InChI=1S/C12H21NO4/c1-10(2,3)12(6-7-14)8-17-11(4,5)13(12)9(15)16/h7H,6,8H2,1-5H3,(H,15,16)/t12-/m1/s1. The number of carboxylic acid groups (broad SMARTS) is 1. The molecule has 5 heteroatoms. The van der Waals surface area contributed by atoms with Crippen LogP contribution in [0.2, 0.25) is 0 Å². The molecule has 17 heavy (non-hydrogen) atoms. The summed E-state index contributed by atoms with van der Waals surface area (Å²) in [5.41, 5.74) is -2.08. The molecule has 1 atom stereocenters. The molecule has 1 amide bonds. The summed E-state index contributed by atoms with van der Waals surface area (Å²) in [5, 5.41) is 9.40. The van der Waals surface area contributed by atoms with Crippen molar-refractivity contribution in [3.63, 3.8) is 0 Å². The molecule has 98 valence electrons. The summed E-state index contributed by atoms with van der Waals surface area (Å²) in [6.45, 7) is 9.44. The van der Waals surface area contributed by atoms with Gasteiger partial charge in [0.05, 0.1) is 12.1 Å². The monoisotopic (exact) mass is 243 g/mol. The van der Waals surface area contributed by atoms with Crippen LogP contribution in [-0.4, -0.2) is 40.3 Å². The van der Waals surface area contributed by atoms with Gasteiger partial charge in [-0.25, -0.2) is 4.79 Å². The Morgan fingerprint density at radius 2 is 2.00 bits per heavy atom. The van der Waals surface area contributed by atoms with Crippen molar-refractivity contribution in [1.82, 2.24) is 4.90 Å². The summed E-state index contributed by atoms with van der Waals surface area (Å²) in [6, 6.07) is 0. The zero-order valence-electron chi connectivity index (χ0n) is 11.1. The van der Waals surface area contributed by atoms with Gasteiger partial charge in [0.15, 0.2) is 0 Å². The smallest absolute Gasteiger partial charge is 0.410 e. The highest BCUT2D eigenvalue weighted by Gasteiger charge is 2.59. The van der Waals surface area contributed by atoms with Crippen LogP contribution >= 0.6 is 0 Å². The number of aldehydes is 1. The van der Waals surface area contributed by atoms with Crippen molar-refractivity contribution in [1.29, 1.82) is 0 Å². The highest BCUT2D eigenvalue weighted by atomic mass is 16.5. The van der Waals surface area contributed by atoms with Crippen molar-refractivity contribution >= 4 is 12.4 Å². The topological polar surface area (TPSA) is 66.8 Å². The first kappa shape index (κ1) is 14.0. The van der Waals surface area contributed by atoms with Gasteiger partial charge in [-0.15, -0.1) is 0 Å². The van der Waals surface area contributed by atoms with Crippen molar-refractivity contribution in [2.75, 3.05) is 6.61 Å². The summed E-state index contributed by atoms with van der Waals surface area (Å²) in [6.07, 6.45) is -0.137. The SMILES string of the molecule is CC1(C)OC[C@](CC=O)(C(C)(C)C)N1C(=O)O. The molecule has 1 heterocycles. The summed E-state index contributed by atoms with van der Waals surface area (Å²) in [5.74, 6) is 0. The summed E-state index contributed by atoms with van der Waals surface area (Å²) in [4.78, 5) is 23.7. The zero-order valence-corrected chi connectivity index (χ0v) is 11.1. The van der Waals surface area contributed by atoms with E-state index < -0.39 is 17.4 Å². The lowest BCUT2D eigenvalue weighted by Crippen LogP contribution is -2.61. The van der Waals surface area contributed by atoms with Crippen LogP contribution in [-0.2, 0) is 9.53 Å². The van der Waals surface area contributed by atoms with Gasteiger partial charge in [0.1, 0.15) is 12.0 Å². The van der Waals surface area contributed by atoms with E-state index in [4.69, 9.17) is 4.74 Å². The van der Waals surface area contributed by atoms with Gasteiger partial charge in [-0.3, -0.25) is 4.90 Å². The molecular weight excluding hydrogens is 222 g/mol. The molecule has 1 rings (SSSR count). The van der Waals surface area contributed by atoms with Crippen LogP contribution in [0.25, 0.3) is 0 Å². The maximum Gasteiger partial charge on any atom is 0.410 e. The summed E-state index contributed by atoms with van der Waals surface area (Å²) in [7, 11) is 0. The zero-order chi connectivity index (χ0) is 13.5. The Morgan fingerprint density at radius 3 is 2.35 bits per heavy atom. The Morgan fingerprint density at radius 1 is 1.47 bits per heavy atom. The van der Waals surface area contributed by atoms with Gasteiger partial charge in [-0.1, -0.05) is 20.8 Å². The molecule has 0 aromatic rings. The minimum absolute atomic E-state index is 0.145. The number of hydrogen-bond donors (Lipinski definition) is 1. The third-order valence-electron chi connectivity index (χ3n) is 3.64. The van der Waals surface area contributed by atoms with Crippen LogP contribution in [0, 0.1) is 5.41 Å². The normalized spacial score (nSPS) is 28.2. The van der Waals surface area contributed by atoms with Crippen LogP contribution < -0.4 is 0 Å². The second kappa shape index (κ2) is 3.98. The third kappa shape index (κ3) is 2.04. The van der Waals surface area contributed by atoms with Crippen LogP contribution in [0.1, 0.15) is 41.0 Å². The van der Waals surface area contributed by atoms with Gasteiger partial charge in [0, 0.05) is 6.42 Å². The minimum Gasteiger partial charge on any atom is -0.465 e. The van der Waals surface area contributed by atoms with E-state index in [1.54, 1.807) is 13.8 Å². The molecule has 1 fully saturated rings. The average Bonchev–Trinajstić information content (AvgIpc) is 2.38. The fourth-order valence-corrected chi connectivity index (χ4v) is 2.50. The Balaban J connectivity index is 3.31. The number of rotatable bonds is 2. The van der Waals surface area contributed by atoms with Gasteiger partial charge < -0.3 is 14.6 Å². The minimum atomic E-state index is -1.05. The van der Waals surface area contributed by atoms with E-state index in [0.717, 1.165) is 6.29 Å². The predicted octanol–water partition coefficient (Wildman–Crippen LogP) is 2.11. The maximum absolute atomic E-state index is 11.5. The van der Waals surface area contributed by atoms with Gasteiger partial charge >= 0.3 is 6.09 Å². The molecule has 5 nitrogen and oxygen atoms in total. The van der Waals surface area contributed by atoms with Crippen LogP contribution in [0.5, 0.6) is 0 Å². The lowest BCUT2D eigenvalue weighted by molar-refractivity contribution is -0.112. The molecule has 0 aromatic heterocycles. The van der Waals surface area contributed by atoms with Gasteiger partial charge in [0.25, 0.3) is 0 Å². The Hall–Kier alpha value is -1.10. The maximum atomic E-state index is 11.5. The number of hydrogen-bond acceptors (Lipinski definition) is 3. The van der Waals surface area contributed by atoms with Crippen molar-refractivity contribution < 1.29 is 19.4 Å². The first-order valence-corrected chi connectivity index (χ1v) is 5.69. The molecular formula is C12H21NO4. The van der Waals surface area contributed by atoms with E-state index in [9.17, 15) is 14.7 Å². The molecule has 1 N–H and O–H groups in total. The van der Waals surface area contributed by atoms with Crippen LogP contribution in [0.4, 0.5) is 4.79 Å². The second-order valence-corrected chi connectivity index (χ2v) is 6.01. The number of carbonyl (C=O) groups excluding carboxylic acids is 1. The number of ether oxygens (including phenoxy) is 1. The molecule has 1 saturated heterocycles. The van der Waals surface area contributed by atoms with Crippen molar-refractivity contribution in [3.05, 3.63) is 0 Å². The highest BCUT2D eigenvalue weighted by Crippen LogP contribution is 2.47. The molecule has 0 aliphatic carbocycles. The van der Waals surface area contributed by atoms with Crippen LogP contribution in [0.3, 0.4) is 0 Å². The molecule has 1 aliphatic rings. The fraction of sp³-hybridized carbons (Fsp3) is 0.833. The first-order chi connectivity index (χ1) is 7.58. The lowest BCUT2D eigenvalue weighted by Gasteiger charge is -2.47. The van der Waals surface area contributed by atoms with E-state index in [1.165, 1.54) is 4.90 Å². The molecule has 0 bridgehead atoms. The highest BCUT2D eigenvalue weighted by molar-refractivity contribution is 5.69. The predicted molar refractivity (Wildman–Crippen MR) is 62.8 cm³/mol. The van der Waals surface area contributed by atoms with Crippen molar-refractivity contribution in [2.45, 2.75) is 52.3 Å². The lowest BCUT2D eigenvalue weighted by atomic mass is 9.71. The van der Waals surface area contributed by atoms with E-state index in [-0.39, 0.29) is 18.4 Å². The number of nitrogens with zero attached hydrogens (tertiary/aromatic N) is 1. The fourth-order valence-electron chi connectivity index (χ4n) is 2.50.